The smallest absolute Gasteiger partial charge is 0.354 e. The highest BCUT2D eigenvalue weighted by Gasteiger charge is 2.21. The summed E-state index contributed by atoms with van der Waals surface area (Å²) in [5.41, 5.74) is 0.468. The zero-order chi connectivity index (χ0) is 22.3. The van der Waals surface area contributed by atoms with Gasteiger partial charge < -0.3 is 24.3 Å². The lowest BCUT2D eigenvalue weighted by Crippen LogP contribution is -2.17. The zero-order valence-corrected chi connectivity index (χ0v) is 17.5. The molecule has 2 rings (SSSR count). The zero-order valence-electron chi connectivity index (χ0n) is 16.8. The maximum Gasteiger partial charge on any atom is 0.354 e. The Morgan fingerprint density at radius 1 is 0.900 bits per heavy atom. The molecule has 0 heterocycles. The molecule has 0 aromatic heterocycles. The van der Waals surface area contributed by atoms with Crippen LogP contribution in [-0.2, 0) is 19.1 Å². The van der Waals surface area contributed by atoms with Gasteiger partial charge in [-0.05, 0) is 30.3 Å². The summed E-state index contributed by atoms with van der Waals surface area (Å²) in [6.45, 7) is 0. The summed E-state index contributed by atoms with van der Waals surface area (Å²) in [7, 11) is 5.18. The predicted octanol–water partition coefficient (Wildman–Crippen LogP) is 3.23. The Morgan fingerprint density at radius 2 is 1.50 bits per heavy atom. The molecule has 0 aliphatic heterocycles. The van der Waals surface area contributed by atoms with Crippen LogP contribution in [0.25, 0.3) is 0 Å². The molecule has 0 atom stereocenters. The van der Waals surface area contributed by atoms with E-state index in [2.05, 4.69) is 10.1 Å². The van der Waals surface area contributed by atoms with Gasteiger partial charge in [0.1, 0.15) is 5.70 Å². The third-order valence-electron chi connectivity index (χ3n) is 4.01. The molecule has 8 nitrogen and oxygen atoms in total. The van der Waals surface area contributed by atoms with Gasteiger partial charge in [-0.1, -0.05) is 11.6 Å². The number of nitrogens with one attached hydrogen (secondary N) is 1. The fourth-order valence-corrected chi connectivity index (χ4v) is 2.63. The molecule has 1 N–H and O–H groups in total. The minimum atomic E-state index is -0.833. The molecule has 0 aliphatic rings. The van der Waals surface area contributed by atoms with Gasteiger partial charge in [0.05, 0.1) is 40.2 Å². The van der Waals surface area contributed by atoms with E-state index < -0.39 is 11.9 Å². The van der Waals surface area contributed by atoms with Crippen LogP contribution in [0.5, 0.6) is 11.5 Å². The molecule has 158 valence electrons. The van der Waals surface area contributed by atoms with E-state index in [1.807, 2.05) is 0 Å². The minimum Gasteiger partial charge on any atom is -0.493 e. The Bertz CT molecular complexity index is 984. The van der Waals surface area contributed by atoms with Crippen LogP contribution in [0.3, 0.4) is 0 Å². The number of carbonyl (C=O) groups is 3. The van der Waals surface area contributed by atoms with Gasteiger partial charge in [0, 0.05) is 22.2 Å². The van der Waals surface area contributed by atoms with Gasteiger partial charge in [-0.2, -0.15) is 0 Å². The molecule has 0 unspecified atom stereocenters. The number of methoxy groups -OCH3 is 4. The maximum absolute atomic E-state index is 13.1. The van der Waals surface area contributed by atoms with Gasteiger partial charge >= 0.3 is 11.9 Å². The SMILES string of the molecule is COC(=O)/C=C(/Nc1cc(OC)c(OC)cc1C(=O)c1ccc(Cl)cc1)C(=O)OC. The molecule has 0 saturated carbocycles. The van der Waals surface area contributed by atoms with Gasteiger partial charge in [-0.25, -0.2) is 9.59 Å². The number of carbonyl (C=O) groups excluding carboxylic acids is 3. The van der Waals surface area contributed by atoms with Gasteiger partial charge in [0.15, 0.2) is 17.3 Å². The molecule has 2 aromatic carbocycles. The van der Waals surface area contributed by atoms with E-state index in [1.165, 1.54) is 33.5 Å². The molecule has 2 aromatic rings. The number of hydrogen-bond acceptors (Lipinski definition) is 8. The molecule has 0 amide bonds. The number of anilines is 1. The van der Waals surface area contributed by atoms with Crippen molar-refractivity contribution < 1.29 is 33.3 Å². The average Bonchev–Trinajstić information content (AvgIpc) is 2.77. The lowest BCUT2D eigenvalue weighted by molar-refractivity contribution is -0.138. The highest BCUT2D eigenvalue weighted by Crippen LogP contribution is 2.35. The van der Waals surface area contributed by atoms with Gasteiger partial charge in [-0.15, -0.1) is 0 Å². The topological polar surface area (TPSA) is 100 Å². The summed E-state index contributed by atoms with van der Waals surface area (Å²) in [5.74, 6) is -1.39. The van der Waals surface area contributed by atoms with Crippen LogP contribution in [-0.4, -0.2) is 46.2 Å². The molecule has 9 heteroatoms. The van der Waals surface area contributed by atoms with E-state index in [1.54, 1.807) is 24.3 Å². The number of halogens is 1. The summed E-state index contributed by atoms with van der Waals surface area (Å²) in [6.07, 6.45) is 0.916. The Labute approximate surface area is 178 Å². The second kappa shape index (κ2) is 10.3. The van der Waals surface area contributed by atoms with Crippen LogP contribution in [0.1, 0.15) is 15.9 Å². The van der Waals surface area contributed by atoms with E-state index in [0.717, 1.165) is 13.2 Å². The van der Waals surface area contributed by atoms with Crippen molar-refractivity contribution in [1.82, 2.24) is 0 Å². The van der Waals surface area contributed by atoms with Crippen LogP contribution >= 0.6 is 11.6 Å². The molecular weight excluding hydrogens is 414 g/mol. The van der Waals surface area contributed by atoms with E-state index in [9.17, 15) is 14.4 Å². The molecular formula is C21H20ClNO7. The van der Waals surface area contributed by atoms with Gasteiger partial charge in [0.2, 0.25) is 0 Å². The molecule has 0 fully saturated rings. The first-order chi connectivity index (χ1) is 14.3. The van der Waals surface area contributed by atoms with Crippen molar-refractivity contribution in [2.24, 2.45) is 0 Å². The van der Waals surface area contributed by atoms with Gasteiger partial charge in [-0.3, -0.25) is 4.79 Å². The van der Waals surface area contributed by atoms with E-state index in [0.29, 0.717) is 22.1 Å². The van der Waals surface area contributed by atoms with Crippen molar-refractivity contribution in [3.05, 3.63) is 64.3 Å². The molecule has 0 saturated heterocycles. The maximum atomic E-state index is 13.1. The molecule has 30 heavy (non-hydrogen) atoms. The standard InChI is InChI=1S/C21H20ClNO7/c1-27-17-9-14(20(25)12-5-7-13(22)8-6-12)15(10-18(17)28-2)23-16(21(26)30-4)11-19(24)29-3/h5-11,23H,1-4H3/b16-11+. The van der Waals surface area contributed by atoms with Crippen molar-refractivity contribution in [2.75, 3.05) is 33.8 Å². The van der Waals surface area contributed by atoms with Crippen LogP contribution in [0.4, 0.5) is 5.69 Å². The second-order valence-corrected chi connectivity index (χ2v) is 6.22. The Hall–Kier alpha value is -3.52. The lowest BCUT2D eigenvalue weighted by atomic mass is 10.0. The summed E-state index contributed by atoms with van der Waals surface area (Å²) in [6, 6.07) is 9.23. The first-order valence-electron chi connectivity index (χ1n) is 8.55. The first-order valence-corrected chi connectivity index (χ1v) is 8.93. The number of ether oxygens (including phenoxy) is 4. The van der Waals surface area contributed by atoms with Crippen LogP contribution < -0.4 is 14.8 Å². The Kier molecular flexibility index (Phi) is 7.83. The fourth-order valence-electron chi connectivity index (χ4n) is 2.50. The molecule has 0 spiro atoms. The van der Waals surface area contributed by atoms with Crippen molar-refractivity contribution in [3.8, 4) is 11.5 Å². The largest absolute Gasteiger partial charge is 0.493 e. The highest BCUT2D eigenvalue weighted by atomic mass is 35.5. The fraction of sp³-hybridized carbons (Fsp3) is 0.190. The van der Waals surface area contributed by atoms with Crippen LogP contribution in [0.2, 0.25) is 5.02 Å². The van der Waals surface area contributed by atoms with Crippen molar-refractivity contribution >= 4 is 35.0 Å². The van der Waals surface area contributed by atoms with Gasteiger partial charge in [0.25, 0.3) is 0 Å². The van der Waals surface area contributed by atoms with Crippen molar-refractivity contribution in [1.29, 1.82) is 0 Å². The normalized spacial score (nSPS) is 10.8. The Morgan fingerprint density at radius 3 is 2.03 bits per heavy atom. The summed E-state index contributed by atoms with van der Waals surface area (Å²) < 4.78 is 19.8. The summed E-state index contributed by atoms with van der Waals surface area (Å²) in [5, 5.41) is 3.23. The minimum absolute atomic E-state index is 0.162. The lowest BCUT2D eigenvalue weighted by Gasteiger charge is -2.17. The Balaban J connectivity index is 2.62. The number of rotatable bonds is 8. The predicted molar refractivity (Wildman–Crippen MR) is 110 cm³/mol. The van der Waals surface area contributed by atoms with Crippen molar-refractivity contribution in [3.63, 3.8) is 0 Å². The van der Waals surface area contributed by atoms with E-state index in [4.69, 9.17) is 25.8 Å². The van der Waals surface area contributed by atoms with Crippen LogP contribution in [0, 0.1) is 0 Å². The monoisotopic (exact) mass is 433 g/mol. The quantitative estimate of drug-likeness (QED) is 0.385. The number of esters is 2. The van der Waals surface area contributed by atoms with E-state index in [-0.39, 0.29) is 22.7 Å². The number of benzene rings is 2. The third-order valence-corrected chi connectivity index (χ3v) is 4.26. The van der Waals surface area contributed by atoms with Crippen molar-refractivity contribution in [2.45, 2.75) is 0 Å². The highest BCUT2D eigenvalue weighted by molar-refractivity contribution is 6.30. The van der Waals surface area contributed by atoms with E-state index >= 15 is 0 Å². The summed E-state index contributed by atoms with van der Waals surface area (Å²) >= 11 is 5.90. The first kappa shape index (κ1) is 22.8. The summed E-state index contributed by atoms with van der Waals surface area (Å²) in [4.78, 5) is 36.9. The number of ketones is 1. The van der Waals surface area contributed by atoms with Crippen LogP contribution in [0.15, 0.2) is 48.2 Å². The second-order valence-electron chi connectivity index (χ2n) is 5.79. The third kappa shape index (κ3) is 5.30. The number of hydrogen-bond donors (Lipinski definition) is 1. The average molecular weight is 434 g/mol. The molecule has 0 aliphatic carbocycles. The molecule has 0 radical (unpaired) electrons. The molecule has 0 bridgehead atoms.